The Bertz CT molecular complexity index is 368. The largest absolute Gasteiger partial charge is 0.348 e. The van der Waals surface area contributed by atoms with Crippen molar-refractivity contribution >= 4 is 5.91 Å². The highest BCUT2D eigenvalue weighted by Crippen LogP contribution is 2.16. The van der Waals surface area contributed by atoms with Crippen molar-refractivity contribution in [3.8, 4) is 0 Å². The van der Waals surface area contributed by atoms with Gasteiger partial charge in [-0.3, -0.25) is 4.79 Å². The Morgan fingerprint density at radius 2 is 1.92 bits per heavy atom. The number of hydrogen-bond acceptors (Lipinski definition) is 1. The molecule has 0 unspecified atom stereocenters. The summed E-state index contributed by atoms with van der Waals surface area (Å²) in [5, 5.41) is 2.81. The number of hydrogen-bond donors (Lipinski definition) is 1. The molecular formula is C11H11NO. The average molecular weight is 173 g/mol. The van der Waals surface area contributed by atoms with Gasteiger partial charge in [0.25, 0.3) is 0 Å². The summed E-state index contributed by atoms with van der Waals surface area (Å²) in [5.74, 6) is -0.0313. The molecule has 0 aromatic heterocycles. The van der Waals surface area contributed by atoms with Gasteiger partial charge >= 0.3 is 0 Å². The van der Waals surface area contributed by atoms with Crippen LogP contribution < -0.4 is 5.32 Å². The normalized spacial score (nSPS) is 16.0. The standard InChI is InChI=1S/C11H11NO/c1-8-6-9-4-2-3-5-10(9)7-12-11(8)13/h2-5H,1,6-7H2,(H,12,13). The van der Waals surface area contributed by atoms with Gasteiger partial charge in [-0.1, -0.05) is 30.8 Å². The van der Waals surface area contributed by atoms with E-state index < -0.39 is 0 Å². The Labute approximate surface area is 77.3 Å². The smallest absolute Gasteiger partial charge is 0.247 e. The summed E-state index contributed by atoms with van der Waals surface area (Å²) in [6, 6.07) is 8.05. The Hall–Kier alpha value is -1.57. The first-order valence-corrected chi connectivity index (χ1v) is 4.30. The molecule has 1 heterocycles. The lowest BCUT2D eigenvalue weighted by Gasteiger charge is -2.02. The summed E-state index contributed by atoms with van der Waals surface area (Å²) >= 11 is 0. The van der Waals surface area contributed by atoms with E-state index in [0.29, 0.717) is 18.5 Å². The maximum atomic E-state index is 11.3. The summed E-state index contributed by atoms with van der Waals surface area (Å²) in [7, 11) is 0. The van der Waals surface area contributed by atoms with E-state index in [1.165, 1.54) is 11.1 Å². The van der Waals surface area contributed by atoms with Crippen LogP contribution in [0.15, 0.2) is 36.4 Å². The van der Waals surface area contributed by atoms with Gasteiger partial charge in [-0.25, -0.2) is 0 Å². The van der Waals surface area contributed by atoms with Gasteiger partial charge in [-0.05, 0) is 11.1 Å². The Balaban J connectivity index is 2.40. The molecule has 1 aliphatic rings. The highest BCUT2D eigenvalue weighted by Gasteiger charge is 2.14. The van der Waals surface area contributed by atoms with Crippen LogP contribution in [0.4, 0.5) is 0 Å². The maximum Gasteiger partial charge on any atom is 0.247 e. The number of carbonyl (C=O) groups is 1. The van der Waals surface area contributed by atoms with Crippen LogP contribution in [-0.4, -0.2) is 5.91 Å². The van der Waals surface area contributed by atoms with Crippen molar-refractivity contribution in [3.63, 3.8) is 0 Å². The van der Waals surface area contributed by atoms with Gasteiger partial charge in [0.1, 0.15) is 0 Å². The van der Waals surface area contributed by atoms with Crippen LogP contribution in [0.1, 0.15) is 11.1 Å². The Morgan fingerprint density at radius 3 is 2.69 bits per heavy atom. The van der Waals surface area contributed by atoms with Gasteiger partial charge in [0.05, 0.1) is 0 Å². The van der Waals surface area contributed by atoms with Crippen LogP contribution in [0.2, 0.25) is 0 Å². The predicted molar refractivity (Wildman–Crippen MR) is 51.1 cm³/mol. The number of amides is 1. The van der Waals surface area contributed by atoms with E-state index in [0.717, 1.165) is 0 Å². The minimum Gasteiger partial charge on any atom is -0.348 e. The lowest BCUT2D eigenvalue weighted by atomic mass is 10.0. The van der Waals surface area contributed by atoms with Crippen molar-refractivity contribution in [3.05, 3.63) is 47.5 Å². The van der Waals surface area contributed by atoms with Gasteiger partial charge in [-0.2, -0.15) is 0 Å². The van der Waals surface area contributed by atoms with Crippen molar-refractivity contribution in [2.45, 2.75) is 13.0 Å². The molecule has 1 amide bonds. The molecule has 2 nitrogen and oxygen atoms in total. The van der Waals surface area contributed by atoms with Crippen LogP contribution in [-0.2, 0) is 17.8 Å². The molecule has 0 atom stereocenters. The second kappa shape index (κ2) is 3.05. The molecule has 0 bridgehead atoms. The van der Waals surface area contributed by atoms with Crippen LogP contribution in [0.25, 0.3) is 0 Å². The Kier molecular flexibility index (Phi) is 1.89. The number of benzene rings is 1. The summed E-state index contributed by atoms with van der Waals surface area (Å²) < 4.78 is 0. The molecular weight excluding hydrogens is 162 g/mol. The molecule has 0 saturated heterocycles. The monoisotopic (exact) mass is 173 g/mol. The molecule has 0 fully saturated rings. The zero-order valence-corrected chi connectivity index (χ0v) is 7.34. The summed E-state index contributed by atoms with van der Waals surface area (Å²) in [6.07, 6.45) is 0.669. The van der Waals surface area contributed by atoms with E-state index in [2.05, 4.69) is 11.9 Å². The quantitative estimate of drug-likeness (QED) is 0.590. The van der Waals surface area contributed by atoms with E-state index in [-0.39, 0.29) is 5.91 Å². The minimum atomic E-state index is -0.0313. The number of fused-ring (bicyclic) bond motifs is 1. The van der Waals surface area contributed by atoms with Crippen molar-refractivity contribution in [2.24, 2.45) is 0 Å². The third kappa shape index (κ3) is 1.47. The molecule has 0 spiro atoms. The number of nitrogens with one attached hydrogen (secondary N) is 1. The molecule has 1 N–H and O–H groups in total. The van der Waals surface area contributed by atoms with Crippen LogP contribution in [0.3, 0.4) is 0 Å². The average Bonchev–Trinajstić information content (AvgIpc) is 2.28. The molecule has 13 heavy (non-hydrogen) atoms. The first-order valence-electron chi connectivity index (χ1n) is 4.30. The van der Waals surface area contributed by atoms with Crippen molar-refractivity contribution in [1.82, 2.24) is 5.32 Å². The zero-order chi connectivity index (χ0) is 9.26. The molecule has 2 heteroatoms. The SMILES string of the molecule is C=C1Cc2ccccc2CNC1=O. The van der Waals surface area contributed by atoms with Crippen LogP contribution in [0.5, 0.6) is 0 Å². The molecule has 1 aromatic carbocycles. The fraction of sp³-hybridized carbons (Fsp3) is 0.182. The van der Waals surface area contributed by atoms with Gasteiger partial charge in [0, 0.05) is 18.5 Å². The highest BCUT2D eigenvalue weighted by molar-refractivity contribution is 5.93. The highest BCUT2D eigenvalue weighted by atomic mass is 16.1. The molecule has 1 aromatic rings. The third-order valence-electron chi connectivity index (χ3n) is 2.28. The van der Waals surface area contributed by atoms with Crippen molar-refractivity contribution < 1.29 is 4.79 Å². The van der Waals surface area contributed by atoms with Crippen molar-refractivity contribution in [1.29, 1.82) is 0 Å². The molecule has 0 saturated carbocycles. The van der Waals surface area contributed by atoms with E-state index in [1.54, 1.807) is 0 Å². The van der Waals surface area contributed by atoms with Gasteiger partial charge in [-0.15, -0.1) is 0 Å². The summed E-state index contributed by atoms with van der Waals surface area (Å²) in [4.78, 5) is 11.3. The van der Waals surface area contributed by atoms with Gasteiger partial charge in [0.15, 0.2) is 0 Å². The molecule has 0 radical (unpaired) electrons. The summed E-state index contributed by atoms with van der Waals surface area (Å²) in [5.41, 5.74) is 3.03. The lowest BCUT2D eigenvalue weighted by molar-refractivity contribution is -0.117. The number of carbonyl (C=O) groups excluding carboxylic acids is 1. The predicted octanol–water partition coefficient (Wildman–Crippen LogP) is 1.42. The topological polar surface area (TPSA) is 29.1 Å². The molecule has 1 aliphatic heterocycles. The van der Waals surface area contributed by atoms with E-state index >= 15 is 0 Å². The molecule has 2 rings (SSSR count). The third-order valence-corrected chi connectivity index (χ3v) is 2.28. The van der Waals surface area contributed by atoms with E-state index in [4.69, 9.17) is 0 Å². The van der Waals surface area contributed by atoms with E-state index in [9.17, 15) is 4.79 Å². The van der Waals surface area contributed by atoms with E-state index in [1.807, 2.05) is 24.3 Å². The maximum absolute atomic E-state index is 11.3. The second-order valence-corrected chi connectivity index (χ2v) is 3.23. The Morgan fingerprint density at radius 1 is 1.23 bits per heavy atom. The van der Waals surface area contributed by atoms with Crippen LogP contribution in [0, 0.1) is 0 Å². The van der Waals surface area contributed by atoms with Crippen molar-refractivity contribution in [2.75, 3.05) is 0 Å². The first kappa shape index (κ1) is 8.05. The number of rotatable bonds is 0. The first-order chi connectivity index (χ1) is 6.27. The second-order valence-electron chi connectivity index (χ2n) is 3.23. The zero-order valence-electron chi connectivity index (χ0n) is 7.34. The summed E-state index contributed by atoms with van der Waals surface area (Å²) in [6.45, 7) is 4.36. The van der Waals surface area contributed by atoms with Gasteiger partial charge < -0.3 is 5.32 Å². The fourth-order valence-corrected chi connectivity index (χ4v) is 1.51. The van der Waals surface area contributed by atoms with Crippen LogP contribution >= 0.6 is 0 Å². The van der Waals surface area contributed by atoms with Gasteiger partial charge in [0.2, 0.25) is 5.91 Å². The minimum absolute atomic E-state index is 0.0313. The molecule has 0 aliphatic carbocycles. The lowest BCUT2D eigenvalue weighted by Crippen LogP contribution is -2.21. The molecule has 66 valence electrons. The fourth-order valence-electron chi connectivity index (χ4n) is 1.51.